The Hall–Kier alpha value is -3.13. The lowest BCUT2D eigenvalue weighted by Crippen LogP contribution is -2.35. The summed E-state index contributed by atoms with van der Waals surface area (Å²) in [5.41, 5.74) is 4.06. The molecule has 0 atom stereocenters. The van der Waals surface area contributed by atoms with E-state index in [0.717, 1.165) is 29.7 Å². The average molecular weight is 348 g/mol. The quantitative estimate of drug-likeness (QED) is 0.795. The Labute approximate surface area is 152 Å². The lowest BCUT2D eigenvalue weighted by Gasteiger charge is -2.30. The van der Waals surface area contributed by atoms with E-state index in [9.17, 15) is 9.59 Å². The molecule has 0 bridgehead atoms. The van der Waals surface area contributed by atoms with Gasteiger partial charge in [0.1, 0.15) is 0 Å². The molecule has 1 amide bonds. The molecule has 0 saturated carbocycles. The van der Waals surface area contributed by atoms with Gasteiger partial charge in [0.25, 0.3) is 0 Å². The highest BCUT2D eigenvalue weighted by molar-refractivity contribution is 5.96. The summed E-state index contributed by atoms with van der Waals surface area (Å²) < 4.78 is 4.77. The number of amides is 1. The Bertz CT molecular complexity index is 866. The van der Waals surface area contributed by atoms with E-state index < -0.39 is 0 Å². The molecule has 1 heterocycles. The van der Waals surface area contributed by atoms with Crippen molar-refractivity contribution in [2.45, 2.75) is 25.7 Å². The van der Waals surface area contributed by atoms with Gasteiger partial charge >= 0.3 is 5.97 Å². The zero-order valence-electron chi connectivity index (χ0n) is 14.7. The fraction of sp³-hybridized carbons (Fsp3) is 0.286. The highest BCUT2D eigenvalue weighted by Crippen LogP contribution is 2.29. The van der Waals surface area contributed by atoms with Gasteiger partial charge < -0.3 is 9.64 Å². The van der Waals surface area contributed by atoms with Crippen molar-refractivity contribution in [2.24, 2.45) is 0 Å². The third-order valence-corrected chi connectivity index (χ3v) is 4.63. The van der Waals surface area contributed by atoms with Gasteiger partial charge in [-0.05, 0) is 60.7 Å². The van der Waals surface area contributed by atoms with E-state index in [1.807, 2.05) is 29.2 Å². The van der Waals surface area contributed by atoms with Crippen LogP contribution < -0.4 is 4.90 Å². The number of rotatable bonds is 4. The van der Waals surface area contributed by atoms with Crippen molar-refractivity contribution in [1.29, 1.82) is 5.26 Å². The van der Waals surface area contributed by atoms with Gasteiger partial charge in [0, 0.05) is 18.7 Å². The smallest absolute Gasteiger partial charge is 0.337 e. The van der Waals surface area contributed by atoms with Crippen molar-refractivity contribution in [3.8, 4) is 6.07 Å². The number of nitriles is 1. The summed E-state index contributed by atoms with van der Waals surface area (Å²) in [7, 11) is 1.36. The number of nitrogens with zero attached hydrogens (tertiary/aromatic N) is 2. The van der Waals surface area contributed by atoms with Gasteiger partial charge in [0.05, 0.1) is 24.3 Å². The first-order valence-corrected chi connectivity index (χ1v) is 8.63. The van der Waals surface area contributed by atoms with Gasteiger partial charge in [-0.3, -0.25) is 4.79 Å². The zero-order chi connectivity index (χ0) is 18.5. The van der Waals surface area contributed by atoms with Crippen molar-refractivity contribution in [2.75, 3.05) is 18.6 Å². The molecule has 3 rings (SSSR count). The van der Waals surface area contributed by atoms with Crippen LogP contribution in [0.2, 0.25) is 0 Å². The van der Waals surface area contributed by atoms with E-state index in [-0.39, 0.29) is 11.9 Å². The van der Waals surface area contributed by atoms with Crippen LogP contribution >= 0.6 is 0 Å². The Balaban J connectivity index is 1.71. The van der Waals surface area contributed by atoms with Crippen LogP contribution in [0.4, 0.5) is 5.69 Å². The van der Waals surface area contributed by atoms with Crippen LogP contribution in [0.15, 0.2) is 42.5 Å². The fourth-order valence-corrected chi connectivity index (χ4v) is 3.23. The SMILES string of the molecule is COC(=O)c1ccc2c(c1)CCCN2C(=O)CCc1ccc(C#N)cc1. The van der Waals surface area contributed by atoms with Crippen LogP contribution in [0.1, 0.15) is 39.9 Å². The minimum absolute atomic E-state index is 0.0705. The van der Waals surface area contributed by atoms with Crippen LogP contribution in [0, 0.1) is 11.3 Å². The molecule has 0 unspecified atom stereocenters. The Morgan fingerprint density at radius 3 is 2.65 bits per heavy atom. The molecule has 0 saturated heterocycles. The number of carbonyl (C=O) groups excluding carboxylic acids is 2. The molecular weight excluding hydrogens is 328 g/mol. The monoisotopic (exact) mass is 348 g/mol. The molecule has 1 aliphatic rings. The molecule has 0 radical (unpaired) electrons. The van der Waals surface area contributed by atoms with Gasteiger partial charge in [-0.1, -0.05) is 12.1 Å². The van der Waals surface area contributed by atoms with Crippen molar-refractivity contribution < 1.29 is 14.3 Å². The van der Waals surface area contributed by atoms with Gasteiger partial charge in [0.2, 0.25) is 5.91 Å². The first-order chi connectivity index (χ1) is 12.6. The minimum atomic E-state index is -0.364. The number of hydrogen-bond acceptors (Lipinski definition) is 4. The van der Waals surface area contributed by atoms with E-state index in [2.05, 4.69) is 6.07 Å². The molecule has 0 aliphatic carbocycles. The summed E-state index contributed by atoms with van der Waals surface area (Å²) in [5, 5.41) is 8.84. The molecule has 0 N–H and O–H groups in total. The number of fused-ring (bicyclic) bond motifs is 1. The first-order valence-electron chi connectivity index (χ1n) is 8.63. The Kier molecular flexibility index (Phi) is 5.33. The average Bonchev–Trinajstić information content (AvgIpc) is 2.70. The highest BCUT2D eigenvalue weighted by atomic mass is 16.5. The van der Waals surface area contributed by atoms with E-state index in [1.165, 1.54) is 7.11 Å². The largest absolute Gasteiger partial charge is 0.465 e. The number of carbonyl (C=O) groups is 2. The summed E-state index contributed by atoms with van der Waals surface area (Å²) in [4.78, 5) is 26.2. The number of ether oxygens (including phenoxy) is 1. The van der Waals surface area contributed by atoms with Crippen molar-refractivity contribution in [3.05, 3.63) is 64.7 Å². The zero-order valence-corrected chi connectivity index (χ0v) is 14.7. The second-order valence-corrected chi connectivity index (χ2v) is 6.29. The van der Waals surface area contributed by atoms with Gasteiger partial charge in [-0.25, -0.2) is 4.79 Å². The number of anilines is 1. The molecule has 2 aromatic rings. The number of aryl methyl sites for hydroxylation is 2. The predicted molar refractivity (Wildman–Crippen MR) is 97.9 cm³/mol. The Morgan fingerprint density at radius 1 is 1.19 bits per heavy atom. The summed E-state index contributed by atoms with van der Waals surface area (Å²) >= 11 is 0. The van der Waals surface area contributed by atoms with Crippen LogP contribution in [-0.2, 0) is 22.4 Å². The summed E-state index contributed by atoms with van der Waals surface area (Å²) in [6, 6.07) is 14.8. The predicted octanol–water partition coefficient (Wildman–Crippen LogP) is 3.26. The highest BCUT2D eigenvalue weighted by Gasteiger charge is 2.23. The standard InChI is InChI=1S/C21H20N2O3/c1-26-21(25)18-9-10-19-17(13-18)3-2-12-23(19)20(24)11-8-15-4-6-16(14-22)7-5-15/h4-7,9-10,13H,2-3,8,11-12H2,1H3. The molecule has 2 aromatic carbocycles. The summed E-state index contributed by atoms with van der Waals surface area (Å²) in [5.74, 6) is -0.293. The number of hydrogen-bond donors (Lipinski definition) is 0. The molecule has 0 aromatic heterocycles. The van der Waals surface area contributed by atoms with Gasteiger partial charge in [0.15, 0.2) is 0 Å². The van der Waals surface area contributed by atoms with Crippen LogP contribution in [0.3, 0.4) is 0 Å². The summed E-state index contributed by atoms with van der Waals surface area (Å²) in [6.07, 6.45) is 2.76. The van der Waals surface area contributed by atoms with Crippen LogP contribution in [0.5, 0.6) is 0 Å². The molecular formula is C21H20N2O3. The maximum absolute atomic E-state index is 12.7. The fourth-order valence-electron chi connectivity index (χ4n) is 3.23. The van der Waals surface area contributed by atoms with Crippen molar-refractivity contribution >= 4 is 17.6 Å². The van der Waals surface area contributed by atoms with E-state index >= 15 is 0 Å². The second kappa shape index (κ2) is 7.83. The summed E-state index contributed by atoms with van der Waals surface area (Å²) in [6.45, 7) is 0.691. The second-order valence-electron chi connectivity index (χ2n) is 6.29. The molecule has 0 fully saturated rings. The number of benzene rings is 2. The first kappa shape index (κ1) is 17.7. The van der Waals surface area contributed by atoms with E-state index in [0.29, 0.717) is 30.5 Å². The van der Waals surface area contributed by atoms with Crippen molar-refractivity contribution in [1.82, 2.24) is 0 Å². The maximum Gasteiger partial charge on any atom is 0.337 e. The number of methoxy groups -OCH3 is 1. The molecule has 5 heteroatoms. The number of esters is 1. The van der Waals surface area contributed by atoms with Crippen LogP contribution in [-0.4, -0.2) is 25.5 Å². The third kappa shape index (κ3) is 3.75. The molecule has 5 nitrogen and oxygen atoms in total. The van der Waals surface area contributed by atoms with Crippen molar-refractivity contribution in [3.63, 3.8) is 0 Å². The van der Waals surface area contributed by atoms with Crippen LogP contribution in [0.25, 0.3) is 0 Å². The topological polar surface area (TPSA) is 70.4 Å². The van der Waals surface area contributed by atoms with Gasteiger partial charge in [-0.15, -0.1) is 0 Å². The lowest BCUT2D eigenvalue weighted by atomic mass is 9.98. The molecule has 1 aliphatic heterocycles. The van der Waals surface area contributed by atoms with Gasteiger partial charge in [-0.2, -0.15) is 5.26 Å². The normalized spacial score (nSPS) is 12.8. The van der Waals surface area contributed by atoms with E-state index in [1.54, 1.807) is 18.2 Å². The third-order valence-electron chi connectivity index (χ3n) is 4.63. The van der Waals surface area contributed by atoms with E-state index in [4.69, 9.17) is 10.00 Å². The molecule has 0 spiro atoms. The minimum Gasteiger partial charge on any atom is -0.465 e. The molecule has 26 heavy (non-hydrogen) atoms. The lowest BCUT2D eigenvalue weighted by molar-refractivity contribution is -0.118. The molecule has 132 valence electrons. The Morgan fingerprint density at radius 2 is 1.96 bits per heavy atom. The maximum atomic E-state index is 12.7.